The lowest BCUT2D eigenvalue weighted by atomic mass is 9.43. The van der Waals surface area contributed by atoms with Crippen LogP contribution < -0.4 is 5.32 Å². The molecule has 2 heteroatoms. The normalized spacial score (nSPS) is 51.8. The molecule has 1 aliphatic heterocycles. The summed E-state index contributed by atoms with van der Waals surface area (Å²) in [5, 5.41) is 3.74. The maximum absolute atomic E-state index is 5.60. The van der Waals surface area contributed by atoms with E-state index in [0.717, 1.165) is 31.0 Å². The number of hydrogen-bond donors (Lipinski definition) is 1. The van der Waals surface area contributed by atoms with E-state index in [1.807, 2.05) is 0 Å². The zero-order valence-electron chi connectivity index (χ0n) is 11.7. The molecule has 0 aromatic rings. The molecule has 5 aliphatic rings. The van der Waals surface area contributed by atoms with Crippen LogP contribution >= 0.6 is 0 Å². The van der Waals surface area contributed by atoms with E-state index in [9.17, 15) is 0 Å². The summed E-state index contributed by atoms with van der Waals surface area (Å²) >= 11 is 0. The highest BCUT2D eigenvalue weighted by Gasteiger charge is 2.59. The highest BCUT2D eigenvalue weighted by atomic mass is 16.5. The maximum atomic E-state index is 5.60. The summed E-state index contributed by atoms with van der Waals surface area (Å²) < 4.78 is 5.60. The minimum Gasteiger partial charge on any atom is -0.381 e. The van der Waals surface area contributed by atoms with Gasteiger partial charge in [0.15, 0.2) is 0 Å². The van der Waals surface area contributed by atoms with E-state index in [1.165, 1.54) is 51.4 Å². The van der Waals surface area contributed by atoms with Gasteiger partial charge in [-0.2, -0.15) is 0 Å². The molecule has 0 amide bonds. The Hall–Kier alpha value is -0.0800. The van der Waals surface area contributed by atoms with E-state index in [4.69, 9.17) is 4.74 Å². The zero-order valence-corrected chi connectivity index (χ0v) is 11.7. The second-order valence-corrected chi connectivity index (χ2v) is 7.74. The van der Waals surface area contributed by atoms with Crippen LogP contribution in [0.25, 0.3) is 0 Å². The van der Waals surface area contributed by atoms with Crippen molar-refractivity contribution in [1.82, 2.24) is 5.32 Å². The highest BCUT2D eigenvalue weighted by Crippen LogP contribution is 2.65. The van der Waals surface area contributed by atoms with Crippen LogP contribution in [0, 0.1) is 23.2 Å². The smallest absolute Gasteiger partial charge is 0.0468 e. The first-order valence-corrected chi connectivity index (χ1v) is 8.00. The molecule has 18 heavy (non-hydrogen) atoms. The fourth-order valence-corrected chi connectivity index (χ4v) is 6.41. The molecule has 102 valence electrons. The Morgan fingerprint density at radius 1 is 1.00 bits per heavy atom. The Kier molecular flexibility index (Phi) is 2.58. The van der Waals surface area contributed by atoms with E-state index in [2.05, 4.69) is 12.4 Å². The maximum Gasteiger partial charge on any atom is 0.0468 e. The second-order valence-electron chi connectivity index (χ2n) is 7.74. The van der Waals surface area contributed by atoms with Crippen molar-refractivity contribution in [2.24, 2.45) is 23.2 Å². The summed E-state index contributed by atoms with van der Waals surface area (Å²) in [5.41, 5.74) is 1.21. The van der Waals surface area contributed by atoms with E-state index in [1.54, 1.807) is 0 Å². The Balaban J connectivity index is 1.64. The van der Waals surface area contributed by atoms with Gasteiger partial charge in [-0.3, -0.25) is 0 Å². The van der Waals surface area contributed by atoms with Gasteiger partial charge in [0.2, 0.25) is 0 Å². The van der Waals surface area contributed by atoms with Gasteiger partial charge in [0, 0.05) is 18.8 Å². The molecule has 4 bridgehead atoms. The summed E-state index contributed by atoms with van der Waals surface area (Å²) in [5.74, 6) is 3.02. The molecular formula is C16H27NO. The summed E-state index contributed by atoms with van der Waals surface area (Å²) in [6, 6.07) is 0. The molecule has 4 saturated carbocycles. The van der Waals surface area contributed by atoms with Crippen molar-refractivity contribution in [3.63, 3.8) is 0 Å². The molecule has 1 heterocycles. The van der Waals surface area contributed by atoms with E-state index < -0.39 is 0 Å². The van der Waals surface area contributed by atoms with Crippen molar-refractivity contribution in [2.75, 3.05) is 20.3 Å². The van der Waals surface area contributed by atoms with Crippen LogP contribution in [0.5, 0.6) is 0 Å². The Morgan fingerprint density at radius 3 is 2.28 bits per heavy atom. The first-order valence-electron chi connectivity index (χ1n) is 8.00. The molecule has 5 fully saturated rings. The van der Waals surface area contributed by atoms with Crippen LogP contribution in [0.1, 0.15) is 51.4 Å². The van der Waals surface area contributed by atoms with Crippen LogP contribution in [0.4, 0.5) is 0 Å². The molecule has 4 aliphatic carbocycles. The average Bonchev–Trinajstić information content (AvgIpc) is 2.38. The van der Waals surface area contributed by atoms with Gasteiger partial charge in [0.25, 0.3) is 0 Å². The van der Waals surface area contributed by atoms with Crippen LogP contribution in [0.2, 0.25) is 0 Å². The number of nitrogens with one attached hydrogen (secondary N) is 1. The molecule has 2 atom stereocenters. The quantitative estimate of drug-likeness (QED) is 0.812. The molecule has 1 N–H and O–H groups in total. The van der Waals surface area contributed by atoms with Crippen LogP contribution in [0.3, 0.4) is 0 Å². The van der Waals surface area contributed by atoms with Gasteiger partial charge in [-0.05, 0) is 81.6 Å². The standard InChI is InChI=1S/C16H27NO/c1-17-16-9-12-6-13(10-16)8-15(7-12,11-16)14-2-4-18-5-3-14/h12-14,17H,2-11H2,1H3. The number of rotatable bonds is 2. The molecule has 0 aromatic carbocycles. The van der Waals surface area contributed by atoms with Crippen molar-refractivity contribution < 1.29 is 4.74 Å². The zero-order chi connectivity index (χ0) is 12.2. The minimum absolute atomic E-state index is 0.516. The third-order valence-electron chi connectivity index (χ3n) is 6.72. The van der Waals surface area contributed by atoms with E-state index >= 15 is 0 Å². The van der Waals surface area contributed by atoms with Crippen molar-refractivity contribution in [1.29, 1.82) is 0 Å². The third-order valence-corrected chi connectivity index (χ3v) is 6.72. The summed E-state index contributed by atoms with van der Waals surface area (Å²) in [6.07, 6.45) is 11.7. The molecule has 2 nitrogen and oxygen atoms in total. The number of hydrogen-bond acceptors (Lipinski definition) is 2. The van der Waals surface area contributed by atoms with Gasteiger partial charge < -0.3 is 10.1 Å². The van der Waals surface area contributed by atoms with Crippen molar-refractivity contribution >= 4 is 0 Å². The van der Waals surface area contributed by atoms with Crippen LogP contribution in [-0.4, -0.2) is 25.8 Å². The molecule has 0 spiro atoms. The Bertz CT molecular complexity index is 320. The second kappa shape index (κ2) is 3.96. The lowest BCUT2D eigenvalue weighted by molar-refractivity contribution is -0.128. The fraction of sp³-hybridized carbons (Fsp3) is 1.00. The predicted molar refractivity (Wildman–Crippen MR) is 72.4 cm³/mol. The Morgan fingerprint density at radius 2 is 1.67 bits per heavy atom. The monoisotopic (exact) mass is 249 g/mol. The average molecular weight is 249 g/mol. The third kappa shape index (κ3) is 1.61. The van der Waals surface area contributed by atoms with Crippen molar-refractivity contribution in [2.45, 2.75) is 56.9 Å². The van der Waals surface area contributed by atoms with Crippen LogP contribution in [0.15, 0.2) is 0 Å². The first kappa shape index (κ1) is 11.7. The van der Waals surface area contributed by atoms with Gasteiger partial charge in [-0.15, -0.1) is 0 Å². The van der Waals surface area contributed by atoms with Gasteiger partial charge in [-0.25, -0.2) is 0 Å². The predicted octanol–water partition coefficient (Wildman–Crippen LogP) is 2.97. The lowest BCUT2D eigenvalue weighted by Gasteiger charge is -2.64. The van der Waals surface area contributed by atoms with Crippen molar-refractivity contribution in [3.05, 3.63) is 0 Å². The molecule has 2 unspecified atom stereocenters. The topological polar surface area (TPSA) is 21.3 Å². The largest absolute Gasteiger partial charge is 0.381 e. The van der Waals surface area contributed by atoms with E-state index in [-0.39, 0.29) is 0 Å². The van der Waals surface area contributed by atoms with Crippen LogP contribution in [-0.2, 0) is 4.74 Å². The van der Waals surface area contributed by atoms with E-state index in [0.29, 0.717) is 11.0 Å². The fourth-order valence-electron chi connectivity index (χ4n) is 6.41. The van der Waals surface area contributed by atoms with Gasteiger partial charge >= 0.3 is 0 Å². The summed E-state index contributed by atoms with van der Waals surface area (Å²) in [7, 11) is 2.21. The van der Waals surface area contributed by atoms with Gasteiger partial charge in [-0.1, -0.05) is 0 Å². The summed E-state index contributed by atoms with van der Waals surface area (Å²) in [6.45, 7) is 2.04. The molecule has 0 radical (unpaired) electrons. The number of ether oxygens (including phenoxy) is 1. The lowest BCUT2D eigenvalue weighted by Crippen LogP contribution is -2.63. The molecule has 5 rings (SSSR count). The minimum atomic E-state index is 0.516. The van der Waals surface area contributed by atoms with Crippen molar-refractivity contribution in [3.8, 4) is 0 Å². The first-order chi connectivity index (χ1) is 8.74. The Labute approximate surface area is 111 Å². The molecule has 0 aromatic heterocycles. The SMILES string of the molecule is CNC12CC3CC(C1)CC(C1CCOCC1)(C3)C2. The highest BCUT2D eigenvalue weighted by molar-refractivity contribution is 5.13. The van der Waals surface area contributed by atoms with Gasteiger partial charge in [0.05, 0.1) is 0 Å². The molecule has 1 saturated heterocycles. The summed E-state index contributed by atoms with van der Waals surface area (Å²) in [4.78, 5) is 0. The molecular weight excluding hydrogens is 222 g/mol. The van der Waals surface area contributed by atoms with Gasteiger partial charge in [0.1, 0.15) is 0 Å².